The van der Waals surface area contributed by atoms with Gasteiger partial charge in [-0.1, -0.05) is 6.92 Å². The summed E-state index contributed by atoms with van der Waals surface area (Å²) in [7, 11) is 0. The van der Waals surface area contributed by atoms with Crippen molar-refractivity contribution in [3.05, 3.63) is 50.6 Å². The molecule has 1 atom stereocenters. The zero-order valence-corrected chi connectivity index (χ0v) is 16.6. The molecule has 0 saturated heterocycles. The molecular formula is C21H22N2O4S. The quantitative estimate of drug-likeness (QED) is 0.618. The number of nitrogens with one attached hydrogen (secondary N) is 2. The van der Waals surface area contributed by atoms with Crippen molar-refractivity contribution < 1.29 is 14.6 Å². The molecule has 3 N–H and O–H groups in total. The number of pyridine rings is 1. The first-order valence-corrected chi connectivity index (χ1v) is 10.2. The Bertz CT molecular complexity index is 1100. The summed E-state index contributed by atoms with van der Waals surface area (Å²) in [6, 6.07) is 6.87. The van der Waals surface area contributed by atoms with Crippen LogP contribution in [0.3, 0.4) is 0 Å². The van der Waals surface area contributed by atoms with E-state index in [-0.39, 0.29) is 11.3 Å². The van der Waals surface area contributed by atoms with Crippen molar-refractivity contribution in [3.8, 4) is 11.5 Å². The monoisotopic (exact) mass is 398 g/mol. The van der Waals surface area contributed by atoms with Gasteiger partial charge in [0, 0.05) is 10.6 Å². The highest BCUT2D eigenvalue weighted by atomic mass is 32.1. The summed E-state index contributed by atoms with van der Waals surface area (Å²) in [6.07, 6.45) is 2.81. The molecule has 0 saturated carbocycles. The summed E-state index contributed by atoms with van der Waals surface area (Å²) in [5.41, 5.74) is 0.746. The number of benzene rings is 1. The Hall–Kier alpha value is -2.80. The fraction of sp³-hybridized carbons (Fsp3) is 0.333. The molecule has 2 aromatic heterocycles. The Morgan fingerprint density at radius 2 is 2.11 bits per heavy atom. The molecule has 1 aromatic carbocycles. The van der Waals surface area contributed by atoms with Crippen molar-refractivity contribution in [3.63, 3.8) is 0 Å². The van der Waals surface area contributed by atoms with Gasteiger partial charge in [-0.2, -0.15) is 0 Å². The van der Waals surface area contributed by atoms with E-state index in [0.717, 1.165) is 24.8 Å². The van der Waals surface area contributed by atoms with Crippen LogP contribution in [0.15, 0.2) is 29.1 Å². The van der Waals surface area contributed by atoms with Crippen LogP contribution in [-0.4, -0.2) is 22.6 Å². The Labute approximate surface area is 166 Å². The Balaban J connectivity index is 1.69. The summed E-state index contributed by atoms with van der Waals surface area (Å²) in [5.74, 6) is 0.418. The highest BCUT2D eigenvalue weighted by Gasteiger charge is 2.27. The fourth-order valence-corrected chi connectivity index (χ4v) is 5.10. The number of aromatic nitrogens is 1. The molecule has 0 unspecified atom stereocenters. The van der Waals surface area contributed by atoms with Crippen LogP contribution in [0.2, 0.25) is 0 Å². The van der Waals surface area contributed by atoms with Gasteiger partial charge in [0.05, 0.1) is 12.0 Å². The number of carbonyl (C=O) groups is 1. The summed E-state index contributed by atoms with van der Waals surface area (Å²) >= 11 is 1.50. The normalized spacial score (nSPS) is 16.0. The summed E-state index contributed by atoms with van der Waals surface area (Å²) in [4.78, 5) is 29.9. The maximum Gasteiger partial charge on any atom is 0.265 e. The zero-order chi connectivity index (χ0) is 19.8. The average molecular weight is 398 g/mol. The van der Waals surface area contributed by atoms with E-state index in [0.29, 0.717) is 34.2 Å². The van der Waals surface area contributed by atoms with Crippen molar-refractivity contribution in [1.82, 2.24) is 4.98 Å². The first-order chi connectivity index (χ1) is 13.5. The number of aromatic amines is 1. The van der Waals surface area contributed by atoms with E-state index in [1.807, 2.05) is 6.92 Å². The van der Waals surface area contributed by atoms with Crippen LogP contribution in [0.4, 0.5) is 5.69 Å². The molecular weight excluding hydrogens is 376 g/mol. The molecule has 6 nitrogen and oxygen atoms in total. The van der Waals surface area contributed by atoms with Crippen LogP contribution < -0.4 is 15.6 Å². The second-order valence-corrected chi connectivity index (χ2v) is 8.25. The number of aryl methyl sites for hydroxylation is 1. The molecule has 1 amide bonds. The van der Waals surface area contributed by atoms with Gasteiger partial charge in [0.2, 0.25) is 0 Å². The van der Waals surface area contributed by atoms with E-state index in [1.54, 1.807) is 24.3 Å². The molecule has 0 fully saturated rings. The molecule has 2 heterocycles. The number of fused-ring (bicyclic) bond motifs is 3. The number of carbonyl (C=O) groups excluding carboxylic acids is 1. The van der Waals surface area contributed by atoms with Gasteiger partial charge < -0.3 is 20.1 Å². The third-order valence-electron chi connectivity index (χ3n) is 5.09. The molecule has 146 valence electrons. The molecule has 0 aliphatic heterocycles. The first kappa shape index (κ1) is 18.6. The lowest BCUT2D eigenvalue weighted by atomic mass is 9.89. The first-order valence-electron chi connectivity index (χ1n) is 9.41. The fourth-order valence-electron chi connectivity index (χ4n) is 3.69. The molecule has 1 aliphatic rings. The number of hydrogen-bond acceptors (Lipinski definition) is 5. The molecule has 28 heavy (non-hydrogen) atoms. The van der Waals surface area contributed by atoms with Crippen LogP contribution >= 0.6 is 11.3 Å². The summed E-state index contributed by atoms with van der Waals surface area (Å²) in [5, 5.41) is 14.1. The van der Waals surface area contributed by atoms with Crippen molar-refractivity contribution in [2.75, 3.05) is 11.9 Å². The molecule has 4 rings (SSSR count). The van der Waals surface area contributed by atoms with Crippen LogP contribution in [0, 0.1) is 5.92 Å². The zero-order valence-electron chi connectivity index (χ0n) is 15.8. The Morgan fingerprint density at radius 1 is 1.36 bits per heavy atom. The lowest BCUT2D eigenvalue weighted by Crippen LogP contribution is -2.23. The average Bonchev–Trinajstić information content (AvgIpc) is 3.00. The van der Waals surface area contributed by atoms with Gasteiger partial charge in [0.15, 0.2) is 0 Å². The van der Waals surface area contributed by atoms with E-state index >= 15 is 0 Å². The van der Waals surface area contributed by atoms with Crippen molar-refractivity contribution in [2.45, 2.75) is 33.1 Å². The molecule has 0 spiro atoms. The van der Waals surface area contributed by atoms with Gasteiger partial charge in [-0.3, -0.25) is 9.59 Å². The topological polar surface area (TPSA) is 91.4 Å². The van der Waals surface area contributed by atoms with Crippen molar-refractivity contribution in [1.29, 1.82) is 0 Å². The smallest absolute Gasteiger partial charge is 0.265 e. The second kappa shape index (κ2) is 7.31. The lowest BCUT2D eigenvalue weighted by Gasteiger charge is -2.18. The van der Waals surface area contributed by atoms with Gasteiger partial charge in [-0.15, -0.1) is 11.3 Å². The van der Waals surface area contributed by atoms with E-state index in [9.17, 15) is 14.7 Å². The van der Waals surface area contributed by atoms with Gasteiger partial charge in [0.25, 0.3) is 11.5 Å². The molecule has 0 bridgehead atoms. The largest absolute Gasteiger partial charge is 0.506 e. The Morgan fingerprint density at radius 3 is 2.82 bits per heavy atom. The molecule has 1 aliphatic carbocycles. The third kappa shape index (κ3) is 3.26. The number of anilines is 1. The number of thiophene rings is 1. The molecule has 7 heteroatoms. The van der Waals surface area contributed by atoms with E-state index in [1.165, 1.54) is 16.2 Å². The number of H-pyrrole nitrogens is 1. The second-order valence-electron chi connectivity index (χ2n) is 7.15. The van der Waals surface area contributed by atoms with Gasteiger partial charge >= 0.3 is 0 Å². The number of amides is 1. The van der Waals surface area contributed by atoms with Crippen LogP contribution in [-0.2, 0) is 12.8 Å². The minimum Gasteiger partial charge on any atom is -0.506 e. The summed E-state index contributed by atoms with van der Waals surface area (Å²) < 4.78 is 5.38. The minimum atomic E-state index is -0.631. The maximum atomic E-state index is 12.7. The van der Waals surface area contributed by atoms with Crippen molar-refractivity contribution in [2.24, 2.45) is 5.92 Å². The van der Waals surface area contributed by atoms with Gasteiger partial charge in [-0.05, 0) is 61.9 Å². The van der Waals surface area contributed by atoms with Crippen LogP contribution in [0.5, 0.6) is 11.5 Å². The molecule has 0 radical (unpaired) electrons. The summed E-state index contributed by atoms with van der Waals surface area (Å²) in [6.45, 7) is 4.65. The standard InChI is InChI=1S/C21H22N2O4S/c1-3-27-13-7-5-12(6-8-13)22-19(25)17-18(24)16-14-9-4-11(2)10-15(14)28-21(16)23-20(17)26/h5-8,11H,3-4,9-10H2,1-2H3,(H,22,25)(H2,23,24,26)/t11-/m0/s1. The van der Waals surface area contributed by atoms with Gasteiger partial charge in [0.1, 0.15) is 21.9 Å². The SMILES string of the molecule is CCOc1ccc(NC(=O)c2c(O)c3c4c(sc3[nH]c2=O)C[C@@H](C)CC4)cc1. The highest BCUT2D eigenvalue weighted by molar-refractivity contribution is 7.18. The number of ether oxygens (including phenoxy) is 1. The van der Waals surface area contributed by atoms with Gasteiger partial charge in [-0.25, -0.2) is 0 Å². The number of rotatable bonds is 4. The van der Waals surface area contributed by atoms with Crippen molar-refractivity contribution >= 4 is 33.1 Å². The third-order valence-corrected chi connectivity index (χ3v) is 6.26. The lowest BCUT2D eigenvalue weighted by molar-refractivity contribution is 0.102. The predicted molar refractivity (Wildman–Crippen MR) is 111 cm³/mol. The predicted octanol–water partition coefficient (Wildman–Crippen LogP) is 4.07. The van der Waals surface area contributed by atoms with E-state index in [4.69, 9.17) is 4.74 Å². The molecule has 3 aromatic rings. The van der Waals surface area contributed by atoms with E-state index < -0.39 is 11.5 Å². The van der Waals surface area contributed by atoms with E-state index in [2.05, 4.69) is 17.2 Å². The minimum absolute atomic E-state index is 0.228. The van der Waals surface area contributed by atoms with Crippen LogP contribution in [0.25, 0.3) is 10.2 Å². The maximum absolute atomic E-state index is 12.7. The highest BCUT2D eigenvalue weighted by Crippen LogP contribution is 2.41. The number of hydrogen-bond donors (Lipinski definition) is 3. The number of aromatic hydroxyl groups is 1. The Kier molecular flexibility index (Phi) is 4.85. The van der Waals surface area contributed by atoms with Crippen LogP contribution in [0.1, 0.15) is 41.1 Å².